The summed E-state index contributed by atoms with van der Waals surface area (Å²) in [6.07, 6.45) is 0.735. The molecule has 0 N–H and O–H groups in total. The van der Waals surface area contributed by atoms with Gasteiger partial charge in [0.25, 0.3) is 0 Å². The van der Waals surface area contributed by atoms with Crippen LogP contribution in [0.15, 0.2) is 12.1 Å². The van der Waals surface area contributed by atoms with Crippen molar-refractivity contribution in [2.24, 2.45) is 0 Å². The molecule has 0 saturated carbocycles. The molecular formula is C12H12F2N2O. The van der Waals surface area contributed by atoms with Gasteiger partial charge in [0.1, 0.15) is 5.69 Å². The van der Waals surface area contributed by atoms with Crippen LogP contribution in [0.4, 0.5) is 14.5 Å². The van der Waals surface area contributed by atoms with Crippen LogP contribution in [-0.2, 0) is 4.74 Å². The first-order valence-corrected chi connectivity index (χ1v) is 5.44. The van der Waals surface area contributed by atoms with Crippen LogP contribution in [0.2, 0.25) is 0 Å². The smallest absolute Gasteiger partial charge is 0.150 e. The molecule has 17 heavy (non-hydrogen) atoms. The third kappa shape index (κ3) is 2.53. The van der Waals surface area contributed by atoms with E-state index in [1.807, 2.05) is 0 Å². The van der Waals surface area contributed by atoms with Crippen molar-refractivity contribution in [3.8, 4) is 6.07 Å². The molecule has 3 nitrogen and oxygen atoms in total. The van der Waals surface area contributed by atoms with E-state index in [9.17, 15) is 8.78 Å². The second-order valence-corrected chi connectivity index (χ2v) is 3.85. The molecule has 0 bridgehead atoms. The van der Waals surface area contributed by atoms with Gasteiger partial charge in [-0.25, -0.2) is 8.78 Å². The minimum Gasteiger partial charge on any atom is -0.380 e. The molecule has 1 aromatic carbocycles. The fourth-order valence-electron chi connectivity index (χ4n) is 1.90. The highest BCUT2D eigenvalue weighted by Gasteiger charge is 2.19. The van der Waals surface area contributed by atoms with E-state index in [2.05, 4.69) is 0 Å². The lowest BCUT2D eigenvalue weighted by Gasteiger charge is -2.23. The average Bonchev–Trinajstić information content (AvgIpc) is 2.57. The Hall–Kier alpha value is -1.67. The molecule has 90 valence electrons. The van der Waals surface area contributed by atoms with Crippen LogP contribution in [0.3, 0.4) is 0 Å². The zero-order valence-corrected chi connectivity index (χ0v) is 9.25. The van der Waals surface area contributed by atoms with E-state index in [4.69, 9.17) is 10.00 Å². The molecule has 0 atom stereocenters. The Morgan fingerprint density at radius 2 is 1.88 bits per heavy atom. The SMILES string of the molecule is N#Cc1cc(F)c(N2CCCOCC2)c(F)c1. The van der Waals surface area contributed by atoms with E-state index in [0.717, 1.165) is 18.6 Å². The quantitative estimate of drug-likeness (QED) is 0.751. The molecule has 0 aromatic heterocycles. The van der Waals surface area contributed by atoms with E-state index in [1.54, 1.807) is 11.0 Å². The molecule has 1 fully saturated rings. The van der Waals surface area contributed by atoms with E-state index in [1.165, 1.54) is 0 Å². The highest BCUT2D eigenvalue weighted by atomic mass is 19.1. The second-order valence-electron chi connectivity index (χ2n) is 3.85. The minimum atomic E-state index is -0.691. The Balaban J connectivity index is 2.34. The van der Waals surface area contributed by atoms with E-state index in [-0.39, 0.29) is 11.3 Å². The molecule has 0 amide bonds. The van der Waals surface area contributed by atoms with E-state index in [0.29, 0.717) is 26.3 Å². The van der Waals surface area contributed by atoms with Gasteiger partial charge in [0.05, 0.1) is 18.2 Å². The molecule has 1 aliphatic rings. The van der Waals surface area contributed by atoms with Crippen molar-refractivity contribution in [1.82, 2.24) is 0 Å². The number of hydrogen-bond donors (Lipinski definition) is 0. The van der Waals surface area contributed by atoms with Gasteiger partial charge in [0, 0.05) is 19.7 Å². The number of halogens is 2. The van der Waals surface area contributed by atoms with Crippen molar-refractivity contribution in [3.63, 3.8) is 0 Å². The van der Waals surface area contributed by atoms with Gasteiger partial charge in [-0.15, -0.1) is 0 Å². The molecule has 0 aliphatic carbocycles. The summed E-state index contributed by atoms with van der Waals surface area (Å²) in [4.78, 5) is 1.62. The standard InChI is InChI=1S/C12H12F2N2O/c13-10-6-9(8-15)7-11(14)12(10)16-2-1-4-17-5-3-16/h6-7H,1-5H2. The van der Waals surface area contributed by atoms with Crippen LogP contribution in [0, 0.1) is 23.0 Å². The van der Waals surface area contributed by atoms with Gasteiger partial charge >= 0.3 is 0 Å². The number of nitrogens with zero attached hydrogens (tertiary/aromatic N) is 2. The number of hydrogen-bond acceptors (Lipinski definition) is 3. The molecule has 1 saturated heterocycles. The first-order valence-electron chi connectivity index (χ1n) is 5.44. The van der Waals surface area contributed by atoms with Crippen LogP contribution < -0.4 is 4.90 Å². The van der Waals surface area contributed by atoms with Crippen LogP contribution in [0.25, 0.3) is 0 Å². The normalized spacial score (nSPS) is 16.4. The van der Waals surface area contributed by atoms with Gasteiger partial charge in [0.2, 0.25) is 0 Å². The monoisotopic (exact) mass is 238 g/mol. The molecule has 2 rings (SSSR count). The van der Waals surface area contributed by atoms with Crippen molar-refractivity contribution < 1.29 is 13.5 Å². The zero-order valence-electron chi connectivity index (χ0n) is 9.25. The molecule has 5 heteroatoms. The van der Waals surface area contributed by atoms with Crippen molar-refractivity contribution in [3.05, 3.63) is 29.3 Å². The Morgan fingerprint density at radius 3 is 2.53 bits per heavy atom. The van der Waals surface area contributed by atoms with Crippen molar-refractivity contribution in [2.75, 3.05) is 31.2 Å². The van der Waals surface area contributed by atoms with Gasteiger partial charge in [-0.3, -0.25) is 0 Å². The van der Waals surface area contributed by atoms with Gasteiger partial charge < -0.3 is 9.64 Å². The fraction of sp³-hybridized carbons (Fsp3) is 0.417. The summed E-state index contributed by atoms with van der Waals surface area (Å²) in [6, 6.07) is 3.85. The maximum absolute atomic E-state index is 13.7. The van der Waals surface area contributed by atoms with Gasteiger partial charge in [-0.1, -0.05) is 0 Å². The second kappa shape index (κ2) is 5.11. The van der Waals surface area contributed by atoms with Crippen LogP contribution >= 0.6 is 0 Å². The summed E-state index contributed by atoms with van der Waals surface area (Å²) < 4.78 is 32.7. The van der Waals surface area contributed by atoms with Crippen LogP contribution in [0.1, 0.15) is 12.0 Å². The molecule has 0 spiro atoms. The highest BCUT2D eigenvalue weighted by molar-refractivity contribution is 5.52. The van der Waals surface area contributed by atoms with Gasteiger partial charge in [0.15, 0.2) is 11.6 Å². The van der Waals surface area contributed by atoms with Gasteiger partial charge in [-0.2, -0.15) is 5.26 Å². The fourth-order valence-corrected chi connectivity index (χ4v) is 1.90. The molecule has 1 aliphatic heterocycles. The summed E-state index contributed by atoms with van der Waals surface area (Å²) in [5.74, 6) is -1.38. The number of nitriles is 1. The zero-order chi connectivity index (χ0) is 12.3. The Labute approximate surface area is 98.2 Å². The topological polar surface area (TPSA) is 36.3 Å². The number of ether oxygens (including phenoxy) is 1. The molecule has 0 unspecified atom stereocenters. The summed E-state index contributed by atoms with van der Waals surface area (Å²) in [6.45, 7) is 2.08. The molecular weight excluding hydrogens is 226 g/mol. The number of rotatable bonds is 1. The summed E-state index contributed by atoms with van der Waals surface area (Å²) in [5.41, 5.74) is -0.0654. The summed E-state index contributed by atoms with van der Waals surface area (Å²) in [5, 5.41) is 8.62. The minimum absolute atomic E-state index is 0.00479. The molecule has 1 heterocycles. The predicted molar refractivity (Wildman–Crippen MR) is 58.7 cm³/mol. The lowest BCUT2D eigenvalue weighted by molar-refractivity contribution is 0.152. The predicted octanol–water partition coefficient (Wildman–Crippen LogP) is 2.06. The first-order chi connectivity index (χ1) is 8.22. The van der Waals surface area contributed by atoms with Crippen molar-refractivity contribution in [1.29, 1.82) is 5.26 Å². The van der Waals surface area contributed by atoms with Crippen LogP contribution in [-0.4, -0.2) is 26.3 Å². The maximum Gasteiger partial charge on any atom is 0.150 e. The lowest BCUT2D eigenvalue weighted by Crippen LogP contribution is -2.27. The molecule has 1 aromatic rings. The van der Waals surface area contributed by atoms with Crippen molar-refractivity contribution in [2.45, 2.75) is 6.42 Å². The summed E-state index contributed by atoms with van der Waals surface area (Å²) >= 11 is 0. The summed E-state index contributed by atoms with van der Waals surface area (Å²) in [7, 11) is 0. The third-order valence-electron chi connectivity index (χ3n) is 2.68. The third-order valence-corrected chi connectivity index (χ3v) is 2.68. The Bertz CT molecular complexity index is 425. The van der Waals surface area contributed by atoms with E-state index < -0.39 is 11.6 Å². The maximum atomic E-state index is 13.7. The van der Waals surface area contributed by atoms with Crippen LogP contribution in [0.5, 0.6) is 0 Å². The van der Waals surface area contributed by atoms with E-state index >= 15 is 0 Å². The highest BCUT2D eigenvalue weighted by Crippen LogP contribution is 2.25. The lowest BCUT2D eigenvalue weighted by atomic mass is 10.2. The Morgan fingerprint density at radius 1 is 1.18 bits per heavy atom. The molecule has 0 radical (unpaired) electrons. The number of anilines is 1. The number of benzene rings is 1. The Kier molecular flexibility index (Phi) is 3.55. The van der Waals surface area contributed by atoms with Crippen molar-refractivity contribution >= 4 is 5.69 Å². The first kappa shape index (κ1) is 11.8. The average molecular weight is 238 g/mol. The largest absolute Gasteiger partial charge is 0.380 e. The van der Waals surface area contributed by atoms with Gasteiger partial charge in [-0.05, 0) is 18.6 Å².